The number of hydrogen-bond acceptors (Lipinski definition) is 0. The van der Waals surface area contributed by atoms with Crippen molar-refractivity contribution < 1.29 is 25.8 Å². The molecule has 0 heterocycles. The second kappa shape index (κ2) is 8.67. The molecule has 0 nitrogen and oxygen atoms in total. The van der Waals surface area contributed by atoms with Gasteiger partial charge in [-0.2, -0.15) is 6.08 Å². The molecule has 0 saturated carbocycles. The van der Waals surface area contributed by atoms with Crippen LogP contribution in [-0.2, 0) is 25.8 Å². The maximum Gasteiger partial charge on any atom is 0.0401 e. The van der Waals surface area contributed by atoms with Crippen LogP contribution in [0.3, 0.4) is 0 Å². The van der Waals surface area contributed by atoms with E-state index in [2.05, 4.69) is 45.6 Å². The minimum Gasteiger partial charge on any atom is -0.269 e. The van der Waals surface area contributed by atoms with Gasteiger partial charge in [0.1, 0.15) is 0 Å². The summed E-state index contributed by atoms with van der Waals surface area (Å²) >= 11 is 5.07. The molecule has 2 heteroatoms. The van der Waals surface area contributed by atoms with E-state index >= 15 is 0 Å². The van der Waals surface area contributed by atoms with Gasteiger partial charge in [0.05, 0.1) is 0 Å². The van der Waals surface area contributed by atoms with Crippen LogP contribution >= 0.6 is 11.6 Å². The van der Waals surface area contributed by atoms with E-state index < -0.39 is 0 Å². The molecule has 0 fully saturated rings. The van der Waals surface area contributed by atoms with E-state index in [4.69, 9.17) is 11.6 Å². The van der Waals surface area contributed by atoms with E-state index in [-0.39, 0.29) is 25.8 Å². The van der Waals surface area contributed by atoms with Crippen LogP contribution in [-0.4, -0.2) is 5.88 Å². The van der Waals surface area contributed by atoms with Gasteiger partial charge in [0.15, 0.2) is 0 Å². The molecule has 14 heavy (non-hydrogen) atoms. The molecule has 0 aliphatic heterocycles. The van der Waals surface area contributed by atoms with E-state index in [0.717, 1.165) is 6.42 Å². The Morgan fingerprint density at radius 3 is 2.21 bits per heavy atom. The third-order valence-electron chi connectivity index (χ3n) is 1.61. The second-order valence-corrected chi connectivity index (χ2v) is 4.20. The first-order valence-corrected chi connectivity index (χ1v) is 5.00. The molecule has 0 atom stereocenters. The Morgan fingerprint density at radius 2 is 2.07 bits per heavy atom. The fourth-order valence-corrected chi connectivity index (χ4v) is 0.920. The monoisotopic (exact) mass is 377 g/mol. The first-order valence-electron chi connectivity index (χ1n) is 4.47. The molecule has 0 saturated heterocycles. The van der Waals surface area contributed by atoms with Crippen LogP contribution in [0.2, 0.25) is 0 Å². The van der Waals surface area contributed by atoms with Crippen molar-refractivity contribution in [3.63, 3.8) is 0 Å². The average molecular weight is 376 g/mol. The van der Waals surface area contributed by atoms with Crippen LogP contribution in [0.5, 0.6) is 0 Å². The van der Waals surface area contributed by atoms with Gasteiger partial charge in [-0.1, -0.05) is 26.8 Å². The molecule has 1 aliphatic carbocycles. The van der Waals surface area contributed by atoms with E-state index in [1.165, 1.54) is 5.57 Å². The number of allylic oxidation sites excluding steroid dienone is 5. The normalized spacial score (nSPS) is 13.6. The van der Waals surface area contributed by atoms with Crippen LogP contribution in [0.1, 0.15) is 27.2 Å². The molecule has 0 aromatic carbocycles. The molecule has 0 radical (unpaired) electrons. The summed E-state index contributed by atoms with van der Waals surface area (Å²) in [5.74, 6) is 0.556. The van der Waals surface area contributed by atoms with Crippen molar-refractivity contribution in [2.24, 2.45) is 5.41 Å². The van der Waals surface area contributed by atoms with Crippen molar-refractivity contribution in [1.82, 2.24) is 0 Å². The molecule has 0 unspecified atom stereocenters. The van der Waals surface area contributed by atoms with Gasteiger partial charge in [-0.05, 0) is 5.41 Å². The zero-order chi connectivity index (χ0) is 10.3. The molecule has 0 aromatic rings. The minimum absolute atomic E-state index is 0. The van der Waals surface area contributed by atoms with Crippen LogP contribution in [0.15, 0.2) is 30.4 Å². The van der Waals surface area contributed by atoms with Crippen molar-refractivity contribution in [1.29, 1.82) is 0 Å². The van der Waals surface area contributed by atoms with Gasteiger partial charge in [-0.15, -0.1) is 24.6 Å². The SMILES string of the molecule is C=CCCl.CC(C)(C)C1=[C-]CC=C1.[Hf]. The Bertz CT molecular complexity index is 209. The van der Waals surface area contributed by atoms with Crippen molar-refractivity contribution >= 4 is 11.6 Å². The zero-order valence-electron chi connectivity index (χ0n) is 9.23. The van der Waals surface area contributed by atoms with Gasteiger partial charge >= 0.3 is 0 Å². The topological polar surface area (TPSA) is 0 Å². The standard InChI is InChI=1S/C9H13.C3H5Cl.Hf/c1-9(2,3)8-6-4-5-7-8;1-2-3-4;/h4,6H,5H2,1-3H3;2H,1,3H2;/q-1;;. The van der Waals surface area contributed by atoms with Crippen LogP contribution in [0, 0.1) is 11.5 Å². The fraction of sp³-hybridized carbons (Fsp3) is 0.500. The molecule has 0 bridgehead atoms. The molecular formula is C12H18ClHf-. The van der Waals surface area contributed by atoms with Crippen molar-refractivity contribution in [2.75, 3.05) is 5.88 Å². The van der Waals surface area contributed by atoms with Crippen molar-refractivity contribution in [3.05, 3.63) is 36.5 Å². The predicted octanol–water partition coefficient (Wildman–Crippen LogP) is 4.13. The van der Waals surface area contributed by atoms with E-state index in [0.29, 0.717) is 11.3 Å². The Balaban J connectivity index is 0. The summed E-state index contributed by atoms with van der Waals surface area (Å²) in [6.07, 6.45) is 10.3. The fourth-order valence-electron chi connectivity index (χ4n) is 0.920. The maximum absolute atomic E-state index is 5.07. The summed E-state index contributed by atoms with van der Waals surface area (Å²) < 4.78 is 0. The van der Waals surface area contributed by atoms with Gasteiger partial charge in [-0.3, -0.25) is 6.08 Å². The quantitative estimate of drug-likeness (QED) is 0.279. The molecule has 1 aliphatic rings. The van der Waals surface area contributed by atoms with Gasteiger partial charge in [0.25, 0.3) is 0 Å². The van der Waals surface area contributed by atoms with Gasteiger partial charge in [0.2, 0.25) is 0 Å². The molecule has 0 amide bonds. The molecule has 1 rings (SSSR count). The Morgan fingerprint density at radius 1 is 1.57 bits per heavy atom. The van der Waals surface area contributed by atoms with E-state index in [1.54, 1.807) is 6.08 Å². The molecule has 0 aromatic heterocycles. The van der Waals surface area contributed by atoms with Gasteiger partial charge < -0.3 is 0 Å². The largest absolute Gasteiger partial charge is 0.269 e. The maximum atomic E-state index is 5.07. The molecule has 0 spiro atoms. The Kier molecular flexibility index (Phi) is 10.4. The molecular weight excluding hydrogens is 358 g/mol. The van der Waals surface area contributed by atoms with Crippen LogP contribution in [0.4, 0.5) is 0 Å². The van der Waals surface area contributed by atoms with Crippen molar-refractivity contribution in [3.8, 4) is 0 Å². The van der Waals surface area contributed by atoms with Gasteiger partial charge in [0, 0.05) is 31.7 Å². The third-order valence-corrected chi connectivity index (χ3v) is 1.83. The van der Waals surface area contributed by atoms with Crippen LogP contribution < -0.4 is 0 Å². The summed E-state index contributed by atoms with van der Waals surface area (Å²) in [4.78, 5) is 0. The predicted molar refractivity (Wildman–Crippen MR) is 60.9 cm³/mol. The first kappa shape index (κ1) is 16.8. The Labute approximate surface area is 112 Å². The Hall–Kier alpha value is 0.380. The van der Waals surface area contributed by atoms with E-state index in [9.17, 15) is 0 Å². The third kappa shape index (κ3) is 7.75. The molecule has 78 valence electrons. The summed E-state index contributed by atoms with van der Waals surface area (Å²) in [5.41, 5.74) is 1.65. The number of hydrogen-bond donors (Lipinski definition) is 0. The van der Waals surface area contributed by atoms with Crippen LogP contribution in [0.25, 0.3) is 0 Å². The minimum atomic E-state index is 0. The van der Waals surface area contributed by atoms with E-state index in [1.807, 2.05) is 0 Å². The van der Waals surface area contributed by atoms with Crippen molar-refractivity contribution in [2.45, 2.75) is 27.2 Å². The smallest absolute Gasteiger partial charge is 0.0401 e. The molecule has 0 N–H and O–H groups in total. The zero-order valence-corrected chi connectivity index (χ0v) is 13.6. The first-order chi connectivity index (χ1) is 6.02. The summed E-state index contributed by atoms with van der Waals surface area (Å²) in [6.45, 7) is 9.99. The number of rotatable bonds is 1. The second-order valence-electron chi connectivity index (χ2n) is 3.89. The number of halogens is 1. The summed E-state index contributed by atoms with van der Waals surface area (Å²) in [7, 11) is 0. The average Bonchev–Trinajstić information content (AvgIpc) is 2.55. The van der Waals surface area contributed by atoms with Gasteiger partial charge in [-0.25, -0.2) is 11.6 Å². The summed E-state index contributed by atoms with van der Waals surface area (Å²) in [6, 6.07) is 0. The number of alkyl halides is 1. The summed E-state index contributed by atoms with van der Waals surface area (Å²) in [5, 5.41) is 0.